The average Bonchev–Trinajstić information content (AvgIpc) is 3.78. The molecular formula is C46H26N4O2. The van der Waals surface area contributed by atoms with Gasteiger partial charge in [0.05, 0.1) is 5.39 Å². The van der Waals surface area contributed by atoms with Crippen LogP contribution in [0.1, 0.15) is 0 Å². The van der Waals surface area contributed by atoms with Crippen molar-refractivity contribution in [3.8, 4) is 45.4 Å². The maximum absolute atomic E-state index is 6.76. The van der Waals surface area contributed by atoms with Gasteiger partial charge in [-0.25, -0.2) is 15.0 Å². The van der Waals surface area contributed by atoms with Crippen LogP contribution in [0.15, 0.2) is 167 Å². The molecule has 11 aromatic rings. The van der Waals surface area contributed by atoms with Gasteiger partial charge in [0.2, 0.25) is 0 Å². The number of rotatable bonds is 4. The van der Waals surface area contributed by atoms with Gasteiger partial charge < -0.3 is 8.83 Å². The van der Waals surface area contributed by atoms with Gasteiger partial charge in [0.1, 0.15) is 28.0 Å². The Kier molecular flexibility index (Phi) is 6.15. The lowest BCUT2D eigenvalue weighted by atomic mass is 10.0. The quantitative estimate of drug-likeness (QED) is 0.186. The highest BCUT2D eigenvalue weighted by molar-refractivity contribution is 6.17. The summed E-state index contributed by atoms with van der Waals surface area (Å²) in [5, 5.41) is 8.23. The maximum atomic E-state index is 6.76. The standard InChI is InChI=1S/C46H26N4O2/c1-2-12-28(13-3-1)36-26-47-42(41-35-24-30-15-6-7-16-31(30)25-39(35)52-43(36)41)46-49-44(32-22-21-27-11-4-5-14-29(27)23-32)48-45(50-46)34-18-10-20-38-40(34)33-17-8-9-19-37(33)51-38/h1-26H. The van der Waals surface area contributed by atoms with E-state index < -0.39 is 0 Å². The van der Waals surface area contributed by atoms with Gasteiger partial charge in [0, 0.05) is 39.0 Å². The zero-order valence-corrected chi connectivity index (χ0v) is 27.6. The Bertz CT molecular complexity index is 3200. The highest BCUT2D eigenvalue weighted by atomic mass is 16.3. The molecule has 6 heteroatoms. The molecule has 0 aliphatic heterocycles. The maximum Gasteiger partial charge on any atom is 0.183 e. The zero-order chi connectivity index (χ0) is 34.2. The molecule has 0 unspecified atom stereocenters. The summed E-state index contributed by atoms with van der Waals surface area (Å²) in [5.74, 6) is 1.54. The molecule has 0 radical (unpaired) electrons. The summed E-state index contributed by atoms with van der Waals surface area (Å²) in [7, 11) is 0. The highest BCUT2D eigenvalue weighted by Crippen LogP contribution is 2.42. The molecule has 6 nitrogen and oxygen atoms in total. The molecule has 0 saturated carbocycles. The summed E-state index contributed by atoms with van der Waals surface area (Å²) < 4.78 is 13.0. The number of hydrogen-bond donors (Lipinski definition) is 0. The Morgan fingerprint density at radius 3 is 1.94 bits per heavy atom. The monoisotopic (exact) mass is 666 g/mol. The molecule has 52 heavy (non-hydrogen) atoms. The van der Waals surface area contributed by atoms with Crippen LogP contribution in [-0.2, 0) is 0 Å². The summed E-state index contributed by atoms with van der Waals surface area (Å²) in [6, 6.07) is 51.5. The molecular weight excluding hydrogens is 641 g/mol. The first kappa shape index (κ1) is 28.6. The topological polar surface area (TPSA) is 77.8 Å². The third kappa shape index (κ3) is 4.44. The van der Waals surface area contributed by atoms with Crippen molar-refractivity contribution in [3.05, 3.63) is 158 Å². The van der Waals surface area contributed by atoms with E-state index in [9.17, 15) is 0 Å². The van der Waals surface area contributed by atoms with Crippen LogP contribution in [0.25, 0.3) is 111 Å². The molecule has 4 heterocycles. The van der Waals surface area contributed by atoms with Gasteiger partial charge in [-0.1, -0.05) is 121 Å². The van der Waals surface area contributed by atoms with Crippen molar-refractivity contribution in [1.82, 2.24) is 19.9 Å². The molecule has 0 bridgehead atoms. The van der Waals surface area contributed by atoms with Crippen LogP contribution in [0, 0.1) is 0 Å². The van der Waals surface area contributed by atoms with Crippen LogP contribution in [0.4, 0.5) is 0 Å². The lowest BCUT2D eigenvalue weighted by molar-refractivity contribution is 0.669. The Morgan fingerprint density at radius 2 is 1.08 bits per heavy atom. The van der Waals surface area contributed by atoms with E-state index in [4.69, 9.17) is 28.8 Å². The minimum atomic E-state index is 0.457. The Hall–Kier alpha value is -7.18. The van der Waals surface area contributed by atoms with Crippen molar-refractivity contribution in [1.29, 1.82) is 0 Å². The number of furan rings is 2. The van der Waals surface area contributed by atoms with Gasteiger partial charge in [-0.15, -0.1) is 0 Å². The first-order valence-corrected chi connectivity index (χ1v) is 17.2. The molecule has 0 atom stereocenters. The first-order chi connectivity index (χ1) is 25.7. The predicted octanol–water partition coefficient (Wildman–Crippen LogP) is 12.0. The van der Waals surface area contributed by atoms with Crippen molar-refractivity contribution < 1.29 is 8.83 Å². The molecule has 0 spiro atoms. The van der Waals surface area contributed by atoms with E-state index in [0.717, 1.165) is 87.7 Å². The molecule has 4 aromatic heterocycles. The summed E-state index contributed by atoms with van der Waals surface area (Å²) in [4.78, 5) is 20.7. The van der Waals surface area contributed by atoms with E-state index in [-0.39, 0.29) is 0 Å². The molecule has 0 saturated heterocycles. The Morgan fingerprint density at radius 1 is 0.385 bits per heavy atom. The molecule has 0 N–H and O–H groups in total. The van der Waals surface area contributed by atoms with Gasteiger partial charge in [-0.2, -0.15) is 0 Å². The van der Waals surface area contributed by atoms with E-state index in [1.165, 1.54) is 0 Å². The number of hydrogen-bond acceptors (Lipinski definition) is 6. The summed E-state index contributed by atoms with van der Waals surface area (Å²) in [5.41, 5.74) is 7.37. The summed E-state index contributed by atoms with van der Waals surface area (Å²) in [6.07, 6.45) is 1.87. The molecule has 0 aliphatic carbocycles. The fraction of sp³-hybridized carbons (Fsp3) is 0. The number of pyridine rings is 1. The third-order valence-electron chi connectivity index (χ3n) is 9.94. The lowest BCUT2D eigenvalue weighted by Gasteiger charge is -2.11. The number of para-hydroxylation sites is 1. The van der Waals surface area contributed by atoms with Crippen LogP contribution in [0.5, 0.6) is 0 Å². The highest BCUT2D eigenvalue weighted by Gasteiger charge is 2.23. The van der Waals surface area contributed by atoms with E-state index in [0.29, 0.717) is 23.2 Å². The van der Waals surface area contributed by atoms with Crippen LogP contribution < -0.4 is 0 Å². The van der Waals surface area contributed by atoms with E-state index in [2.05, 4.69) is 84.9 Å². The molecule has 11 rings (SSSR count). The predicted molar refractivity (Wildman–Crippen MR) is 209 cm³/mol. The van der Waals surface area contributed by atoms with Crippen molar-refractivity contribution in [3.63, 3.8) is 0 Å². The molecule has 0 fully saturated rings. The third-order valence-corrected chi connectivity index (χ3v) is 9.94. The Labute approximate surface area is 296 Å². The molecule has 242 valence electrons. The fourth-order valence-corrected chi connectivity index (χ4v) is 7.47. The van der Waals surface area contributed by atoms with Crippen molar-refractivity contribution >= 4 is 65.4 Å². The van der Waals surface area contributed by atoms with Crippen molar-refractivity contribution in [2.45, 2.75) is 0 Å². The van der Waals surface area contributed by atoms with E-state index in [1.54, 1.807) is 0 Å². The average molecular weight is 667 g/mol. The van der Waals surface area contributed by atoms with Gasteiger partial charge >= 0.3 is 0 Å². The van der Waals surface area contributed by atoms with Crippen LogP contribution in [0.2, 0.25) is 0 Å². The zero-order valence-electron chi connectivity index (χ0n) is 27.6. The summed E-state index contributed by atoms with van der Waals surface area (Å²) in [6.45, 7) is 0. The molecule has 0 amide bonds. The van der Waals surface area contributed by atoms with Crippen LogP contribution in [-0.4, -0.2) is 19.9 Å². The second-order valence-corrected chi connectivity index (χ2v) is 13.0. The normalized spacial score (nSPS) is 11.8. The van der Waals surface area contributed by atoms with Crippen LogP contribution in [0.3, 0.4) is 0 Å². The fourth-order valence-electron chi connectivity index (χ4n) is 7.47. The molecule has 7 aromatic carbocycles. The lowest BCUT2D eigenvalue weighted by Crippen LogP contribution is -2.02. The van der Waals surface area contributed by atoms with Gasteiger partial charge in [0.15, 0.2) is 17.5 Å². The molecule has 0 aliphatic rings. The van der Waals surface area contributed by atoms with Gasteiger partial charge in [0.25, 0.3) is 0 Å². The second-order valence-electron chi connectivity index (χ2n) is 13.0. The van der Waals surface area contributed by atoms with E-state index >= 15 is 0 Å². The van der Waals surface area contributed by atoms with Crippen molar-refractivity contribution in [2.75, 3.05) is 0 Å². The van der Waals surface area contributed by atoms with Crippen molar-refractivity contribution in [2.24, 2.45) is 0 Å². The van der Waals surface area contributed by atoms with Gasteiger partial charge in [-0.05, 0) is 57.4 Å². The smallest absolute Gasteiger partial charge is 0.183 e. The van der Waals surface area contributed by atoms with Crippen LogP contribution >= 0.6 is 0 Å². The number of nitrogens with zero attached hydrogens (tertiary/aromatic N) is 4. The number of benzene rings is 7. The first-order valence-electron chi connectivity index (χ1n) is 17.2. The Balaban J connectivity index is 1.24. The summed E-state index contributed by atoms with van der Waals surface area (Å²) >= 11 is 0. The van der Waals surface area contributed by atoms with Gasteiger partial charge in [-0.3, -0.25) is 4.98 Å². The number of fused-ring (bicyclic) bond motifs is 8. The SMILES string of the molecule is c1ccc(-c2cnc(-c3nc(-c4ccc5ccccc5c4)nc(-c4cccc5oc6ccccc6c45)n3)c3c2oc2cc4ccccc4cc23)cc1. The number of aromatic nitrogens is 4. The minimum Gasteiger partial charge on any atom is -0.456 e. The largest absolute Gasteiger partial charge is 0.456 e. The minimum absolute atomic E-state index is 0.457. The second kappa shape index (κ2) is 11.2. The van der Waals surface area contributed by atoms with E-state index in [1.807, 2.05) is 72.9 Å².